The SMILES string of the molecule is CCC1(CC)c2cc(-c3ccccc3)ccc2-c2c1cc1ccccc1c2N(c1ccccc1)c1ccc(-c2ccccc2)cc1-c1ccccc1. The van der Waals surface area contributed by atoms with Crippen molar-refractivity contribution in [2.75, 3.05) is 4.90 Å². The molecule has 1 aliphatic rings. The first kappa shape index (κ1) is 31.8. The highest BCUT2D eigenvalue weighted by Crippen LogP contribution is 2.60. The number of benzene rings is 8. The van der Waals surface area contributed by atoms with Crippen LogP contribution in [-0.2, 0) is 5.41 Å². The van der Waals surface area contributed by atoms with Crippen molar-refractivity contribution in [1.82, 2.24) is 0 Å². The summed E-state index contributed by atoms with van der Waals surface area (Å²) in [6.07, 6.45) is 2.04. The zero-order valence-corrected chi connectivity index (χ0v) is 29.8. The summed E-state index contributed by atoms with van der Waals surface area (Å²) in [5, 5.41) is 2.51. The van der Waals surface area contributed by atoms with Crippen molar-refractivity contribution in [1.29, 1.82) is 0 Å². The Balaban J connectivity index is 1.39. The van der Waals surface area contributed by atoms with Crippen LogP contribution in [0.15, 0.2) is 188 Å². The molecule has 0 aliphatic heterocycles. The van der Waals surface area contributed by atoms with Crippen molar-refractivity contribution in [3.8, 4) is 44.5 Å². The summed E-state index contributed by atoms with van der Waals surface area (Å²) in [6.45, 7) is 4.74. The summed E-state index contributed by atoms with van der Waals surface area (Å²) in [5.74, 6) is 0. The number of para-hydroxylation sites is 1. The predicted octanol–water partition coefficient (Wildman–Crippen LogP) is 14.4. The van der Waals surface area contributed by atoms with Crippen LogP contribution in [0, 0.1) is 0 Å². The Morgan fingerprint density at radius 3 is 1.60 bits per heavy atom. The summed E-state index contributed by atoms with van der Waals surface area (Å²) in [6, 6.07) is 69.1. The molecule has 250 valence electrons. The number of rotatable bonds is 8. The maximum absolute atomic E-state index is 2.55. The first-order chi connectivity index (χ1) is 25.7. The summed E-state index contributed by atoms with van der Waals surface area (Å²) >= 11 is 0. The Labute approximate surface area is 307 Å². The van der Waals surface area contributed by atoms with E-state index in [-0.39, 0.29) is 5.41 Å². The van der Waals surface area contributed by atoms with Crippen LogP contribution >= 0.6 is 0 Å². The van der Waals surface area contributed by atoms with Gasteiger partial charge in [0.1, 0.15) is 0 Å². The molecule has 1 nitrogen and oxygen atoms in total. The lowest BCUT2D eigenvalue weighted by molar-refractivity contribution is 0.491. The van der Waals surface area contributed by atoms with Crippen LogP contribution in [-0.4, -0.2) is 0 Å². The van der Waals surface area contributed by atoms with Gasteiger partial charge in [0, 0.05) is 27.6 Å². The van der Waals surface area contributed by atoms with Crippen LogP contribution in [0.4, 0.5) is 17.1 Å². The summed E-state index contributed by atoms with van der Waals surface area (Å²) in [5.41, 5.74) is 16.3. The van der Waals surface area contributed by atoms with Gasteiger partial charge in [-0.2, -0.15) is 0 Å². The van der Waals surface area contributed by atoms with Gasteiger partial charge in [0.15, 0.2) is 0 Å². The molecule has 8 aromatic rings. The largest absolute Gasteiger partial charge is 0.309 e. The zero-order chi connectivity index (χ0) is 35.1. The van der Waals surface area contributed by atoms with Crippen molar-refractivity contribution in [3.05, 3.63) is 199 Å². The maximum atomic E-state index is 2.55. The quantitative estimate of drug-likeness (QED) is 0.156. The Morgan fingerprint density at radius 1 is 0.423 bits per heavy atom. The molecule has 0 aromatic heterocycles. The Kier molecular flexibility index (Phi) is 8.05. The Hall–Kier alpha value is -6.18. The molecule has 0 atom stereocenters. The number of nitrogens with zero attached hydrogens (tertiary/aromatic N) is 1. The molecule has 8 aromatic carbocycles. The van der Waals surface area contributed by atoms with Crippen molar-refractivity contribution in [2.24, 2.45) is 0 Å². The molecule has 0 N–H and O–H groups in total. The van der Waals surface area contributed by atoms with Gasteiger partial charge in [-0.1, -0.05) is 166 Å². The molecular weight excluding hydrogens is 627 g/mol. The highest BCUT2D eigenvalue weighted by Gasteiger charge is 2.43. The molecule has 0 radical (unpaired) electrons. The molecule has 0 bridgehead atoms. The minimum Gasteiger partial charge on any atom is -0.309 e. The van der Waals surface area contributed by atoms with Crippen molar-refractivity contribution in [3.63, 3.8) is 0 Å². The van der Waals surface area contributed by atoms with E-state index < -0.39 is 0 Å². The second kappa shape index (κ2) is 13.2. The molecule has 0 saturated heterocycles. The first-order valence-electron chi connectivity index (χ1n) is 18.6. The smallest absolute Gasteiger partial charge is 0.0621 e. The van der Waals surface area contributed by atoms with E-state index in [2.05, 4.69) is 207 Å². The van der Waals surface area contributed by atoms with Crippen LogP contribution in [0.25, 0.3) is 55.3 Å². The van der Waals surface area contributed by atoms with Gasteiger partial charge in [0.05, 0.1) is 11.4 Å². The van der Waals surface area contributed by atoms with Crippen LogP contribution in [0.1, 0.15) is 37.8 Å². The van der Waals surface area contributed by atoms with Crippen molar-refractivity contribution < 1.29 is 0 Å². The van der Waals surface area contributed by atoms with E-state index in [1.165, 1.54) is 72.1 Å². The van der Waals surface area contributed by atoms with Crippen LogP contribution in [0.5, 0.6) is 0 Å². The Bertz CT molecular complexity index is 2510. The average Bonchev–Trinajstić information content (AvgIpc) is 3.50. The van der Waals surface area contributed by atoms with Gasteiger partial charge in [0.2, 0.25) is 0 Å². The molecule has 0 unspecified atom stereocenters. The van der Waals surface area contributed by atoms with Crippen LogP contribution < -0.4 is 4.90 Å². The van der Waals surface area contributed by atoms with Gasteiger partial charge in [-0.15, -0.1) is 0 Å². The fourth-order valence-electron chi connectivity index (χ4n) is 8.69. The molecule has 0 heterocycles. The summed E-state index contributed by atoms with van der Waals surface area (Å²) < 4.78 is 0. The van der Waals surface area contributed by atoms with Crippen molar-refractivity contribution >= 4 is 27.8 Å². The second-order valence-electron chi connectivity index (χ2n) is 13.9. The minimum atomic E-state index is -0.115. The molecule has 0 amide bonds. The van der Waals surface area contributed by atoms with Gasteiger partial charge >= 0.3 is 0 Å². The van der Waals surface area contributed by atoms with Gasteiger partial charge < -0.3 is 4.90 Å². The topological polar surface area (TPSA) is 3.24 Å². The van der Waals surface area contributed by atoms with E-state index in [4.69, 9.17) is 0 Å². The van der Waals surface area contributed by atoms with Crippen LogP contribution in [0.2, 0.25) is 0 Å². The van der Waals surface area contributed by atoms with Gasteiger partial charge in [0.25, 0.3) is 0 Å². The standard InChI is InChI=1S/C51H41N/c1-3-51(4-2)46-34-40(37-21-11-6-12-22-37)29-31-44(46)49-47(51)35-41-25-17-18-28-43(41)50(49)52(42-26-15-8-16-27-42)48-32-30-39(36-19-9-5-10-20-36)33-45(48)38-23-13-7-14-24-38/h5-35H,3-4H2,1-2H3. The van der Waals surface area contributed by atoms with E-state index in [9.17, 15) is 0 Å². The third-order valence-electron chi connectivity index (χ3n) is 11.3. The summed E-state index contributed by atoms with van der Waals surface area (Å²) in [4.78, 5) is 2.55. The zero-order valence-electron chi connectivity index (χ0n) is 29.8. The average molecular weight is 668 g/mol. The monoisotopic (exact) mass is 667 g/mol. The number of fused-ring (bicyclic) bond motifs is 4. The van der Waals surface area contributed by atoms with Gasteiger partial charge in [-0.3, -0.25) is 0 Å². The third kappa shape index (κ3) is 5.16. The molecule has 0 spiro atoms. The van der Waals surface area contributed by atoms with E-state index in [0.717, 1.165) is 24.2 Å². The highest BCUT2D eigenvalue weighted by atomic mass is 15.1. The number of anilines is 3. The predicted molar refractivity (Wildman–Crippen MR) is 222 cm³/mol. The lowest BCUT2D eigenvalue weighted by Crippen LogP contribution is -2.23. The first-order valence-corrected chi connectivity index (χ1v) is 18.6. The molecule has 1 heteroatoms. The fourth-order valence-corrected chi connectivity index (χ4v) is 8.69. The second-order valence-corrected chi connectivity index (χ2v) is 13.9. The minimum absolute atomic E-state index is 0.115. The maximum Gasteiger partial charge on any atom is 0.0621 e. The lowest BCUT2D eigenvalue weighted by Gasteiger charge is -2.33. The van der Waals surface area contributed by atoms with E-state index in [1.807, 2.05) is 0 Å². The Morgan fingerprint density at radius 2 is 0.962 bits per heavy atom. The molecule has 52 heavy (non-hydrogen) atoms. The molecule has 0 saturated carbocycles. The van der Waals surface area contributed by atoms with Crippen molar-refractivity contribution in [2.45, 2.75) is 32.1 Å². The third-order valence-corrected chi connectivity index (χ3v) is 11.3. The molecule has 0 fully saturated rings. The number of hydrogen-bond acceptors (Lipinski definition) is 1. The van der Waals surface area contributed by atoms with Gasteiger partial charge in [-0.05, 0) is 99.1 Å². The molecular formula is C51H41N. The van der Waals surface area contributed by atoms with Gasteiger partial charge in [-0.25, -0.2) is 0 Å². The lowest BCUT2D eigenvalue weighted by atomic mass is 9.73. The summed E-state index contributed by atoms with van der Waals surface area (Å²) in [7, 11) is 0. The fraction of sp³-hybridized carbons (Fsp3) is 0.0980. The van der Waals surface area contributed by atoms with E-state index in [0.29, 0.717) is 0 Å². The molecule has 9 rings (SSSR count). The molecule has 1 aliphatic carbocycles. The van der Waals surface area contributed by atoms with E-state index >= 15 is 0 Å². The normalized spacial score (nSPS) is 12.7. The number of hydrogen-bond donors (Lipinski definition) is 0. The van der Waals surface area contributed by atoms with E-state index in [1.54, 1.807) is 0 Å². The van der Waals surface area contributed by atoms with Crippen LogP contribution in [0.3, 0.4) is 0 Å². The highest BCUT2D eigenvalue weighted by molar-refractivity contribution is 6.11.